The third-order valence-electron chi connectivity index (χ3n) is 2.06. The van der Waals surface area contributed by atoms with Crippen molar-refractivity contribution < 1.29 is 14.7 Å². The van der Waals surface area contributed by atoms with Gasteiger partial charge in [0.15, 0.2) is 0 Å². The minimum absolute atomic E-state index is 0.0857. The highest BCUT2D eigenvalue weighted by molar-refractivity contribution is 5.92. The summed E-state index contributed by atoms with van der Waals surface area (Å²) in [6.45, 7) is 0.449. The number of H-pyrrole nitrogens is 1. The number of amides is 1. The van der Waals surface area contributed by atoms with Crippen LogP contribution in [-0.2, 0) is 4.79 Å². The minimum atomic E-state index is -0.837. The summed E-state index contributed by atoms with van der Waals surface area (Å²) in [4.78, 5) is 26.2. The van der Waals surface area contributed by atoms with Crippen LogP contribution in [-0.4, -0.2) is 40.5 Å². The number of nitrogens with zero attached hydrogens (tertiary/aromatic N) is 1. The normalized spacial score (nSPS) is 9.93. The predicted molar refractivity (Wildman–Crippen MR) is 54.6 cm³/mol. The van der Waals surface area contributed by atoms with Crippen molar-refractivity contribution in [2.24, 2.45) is 0 Å². The Balaban J connectivity index is 2.37. The number of carbonyl (C=O) groups excluding carboxylic acids is 1. The van der Waals surface area contributed by atoms with Crippen molar-refractivity contribution in [2.45, 2.75) is 12.8 Å². The van der Waals surface area contributed by atoms with E-state index in [2.05, 4.69) is 4.98 Å². The van der Waals surface area contributed by atoms with Gasteiger partial charge in [0.25, 0.3) is 5.91 Å². The fourth-order valence-electron chi connectivity index (χ4n) is 1.24. The molecule has 0 aromatic carbocycles. The summed E-state index contributed by atoms with van der Waals surface area (Å²) in [6.07, 6.45) is 2.24. The standard InChI is InChI=1S/C10H14N2O3/c1-12(7-3-5-9(13)14)10(15)8-4-2-6-11-8/h2,4,6,11H,3,5,7H2,1H3,(H,13,14). The molecule has 0 radical (unpaired) electrons. The summed E-state index contributed by atoms with van der Waals surface area (Å²) in [5, 5.41) is 8.44. The van der Waals surface area contributed by atoms with Gasteiger partial charge in [0, 0.05) is 26.2 Å². The second-order valence-electron chi connectivity index (χ2n) is 3.31. The molecule has 82 valence electrons. The highest BCUT2D eigenvalue weighted by Crippen LogP contribution is 2.01. The first-order valence-electron chi connectivity index (χ1n) is 4.72. The van der Waals surface area contributed by atoms with E-state index in [0.717, 1.165) is 0 Å². The van der Waals surface area contributed by atoms with E-state index in [1.807, 2.05) is 0 Å². The molecule has 15 heavy (non-hydrogen) atoms. The van der Waals surface area contributed by atoms with Crippen LogP contribution in [0.1, 0.15) is 23.3 Å². The van der Waals surface area contributed by atoms with E-state index in [1.54, 1.807) is 25.4 Å². The Morgan fingerprint density at radius 1 is 1.53 bits per heavy atom. The Hall–Kier alpha value is -1.78. The zero-order chi connectivity index (χ0) is 11.3. The molecule has 0 bridgehead atoms. The second-order valence-corrected chi connectivity index (χ2v) is 3.31. The molecule has 0 unspecified atom stereocenters. The molecule has 1 heterocycles. The molecule has 0 aliphatic heterocycles. The molecule has 5 nitrogen and oxygen atoms in total. The van der Waals surface area contributed by atoms with Gasteiger partial charge in [-0.15, -0.1) is 0 Å². The molecular formula is C10H14N2O3. The molecule has 5 heteroatoms. The summed E-state index contributed by atoms with van der Waals surface area (Å²) in [5.74, 6) is -0.957. The molecule has 1 aromatic rings. The third kappa shape index (κ3) is 3.46. The maximum absolute atomic E-state index is 11.6. The lowest BCUT2D eigenvalue weighted by molar-refractivity contribution is -0.137. The van der Waals surface area contributed by atoms with Crippen molar-refractivity contribution in [1.29, 1.82) is 0 Å². The molecule has 0 fully saturated rings. The van der Waals surface area contributed by atoms with E-state index in [-0.39, 0.29) is 12.3 Å². The third-order valence-corrected chi connectivity index (χ3v) is 2.06. The van der Waals surface area contributed by atoms with Crippen LogP contribution >= 0.6 is 0 Å². The van der Waals surface area contributed by atoms with E-state index >= 15 is 0 Å². The largest absolute Gasteiger partial charge is 0.481 e. The molecule has 2 N–H and O–H groups in total. The monoisotopic (exact) mass is 210 g/mol. The van der Waals surface area contributed by atoms with E-state index < -0.39 is 5.97 Å². The highest BCUT2D eigenvalue weighted by atomic mass is 16.4. The SMILES string of the molecule is CN(CCCC(=O)O)C(=O)c1ccc[nH]1. The predicted octanol–water partition coefficient (Wildman–Crippen LogP) is 0.951. The van der Waals surface area contributed by atoms with E-state index in [1.165, 1.54) is 4.90 Å². The van der Waals surface area contributed by atoms with E-state index in [9.17, 15) is 9.59 Å². The Bertz CT molecular complexity index is 332. The number of aromatic amines is 1. The molecule has 0 spiro atoms. The first-order chi connectivity index (χ1) is 7.11. The average molecular weight is 210 g/mol. The molecular weight excluding hydrogens is 196 g/mol. The van der Waals surface area contributed by atoms with Gasteiger partial charge < -0.3 is 15.0 Å². The number of carbonyl (C=O) groups is 2. The van der Waals surface area contributed by atoms with Crippen molar-refractivity contribution in [3.63, 3.8) is 0 Å². The molecule has 0 aliphatic carbocycles. The number of hydrogen-bond acceptors (Lipinski definition) is 2. The van der Waals surface area contributed by atoms with Gasteiger partial charge >= 0.3 is 5.97 Å². The molecule has 1 aromatic heterocycles. The van der Waals surface area contributed by atoms with Crippen LogP contribution in [0.2, 0.25) is 0 Å². The summed E-state index contributed by atoms with van der Waals surface area (Å²) >= 11 is 0. The maximum Gasteiger partial charge on any atom is 0.303 e. The van der Waals surface area contributed by atoms with Crippen molar-refractivity contribution in [3.05, 3.63) is 24.0 Å². The van der Waals surface area contributed by atoms with Gasteiger partial charge in [-0.1, -0.05) is 0 Å². The Morgan fingerprint density at radius 3 is 2.80 bits per heavy atom. The highest BCUT2D eigenvalue weighted by Gasteiger charge is 2.11. The number of nitrogens with one attached hydrogen (secondary N) is 1. The minimum Gasteiger partial charge on any atom is -0.481 e. The van der Waals surface area contributed by atoms with Crippen LogP contribution in [0.4, 0.5) is 0 Å². The van der Waals surface area contributed by atoms with Crippen LogP contribution in [0.3, 0.4) is 0 Å². The van der Waals surface area contributed by atoms with Crippen molar-refractivity contribution in [1.82, 2.24) is 9.88 Å². The molecule has 1 amide bonds. The number of aliphatic carboxylic acids is 1. The van der Waals surface area contributed by atoms with Gasteiger partial charge in [0.05, 0.1) is 0 Å². The van der Waals surface area contributed by atoms with Crippen LogP contribution < -0.4 is 0 Å². The van der Waals surface area contributed by atoms with Crippen LogP contribution in [0.5, 0.6) is 0 Å². The average Bonchev–Trinajstić information content (AvgIpc) is 2.68. The second kappa shape index (κ2) is 5.19. The first kappa shape index (κ1) is 11.3. The van der Waals surface area contributed by atoms with Gasteiger partial charge in [-0.3, -0.25) is 9.59 Å². The zero-order valence-corrected chi connectivity index (χ0v) is 8.56. The fourth-order valence-corrected chi connectivity index (χ4v) is 1.24. The van der Waals surface area contributed by atoms with Gasteiger partial charge in [0.1, 0.15) is 5.69 Å². The van der Waals surface area contributed by atoms with Crippen molar-refractivity contribution >= 4 is 11.9 Å². The molecule has 0 atom stereocenters. The number of aromatic nitrogens is 1. The van der Waals surface area contributed by atoms with E-state index in [4.69, 9.17) is 5.11 Å². The fraction of sp³-hybridized carbons (Fsp3) is 0.400. The molecule has 0 aliphatic rings. The summed E-state index contributed by atoms with van der Waals surface area (Å²) in [6, 6.07) is 3.44. The Kier molecular flexibility index (Phi) is 3.91. The molecule has 0 saturated heterocycles. The van der Waals surface area contributed by atoms with Gasteiger partial charge in [-0.2, -0.15) is 0 Å². The van der Waals surface area contributed by atoms with Gasteiger partial charge in [0.2, 0.25) is 0 Å². The first-order valence-corrected chi connectivity index (χ1v) is 4.72. The number of carboxylic acid groups (broad SMARTS) is 1. The maximum atomic E-state index is 11.6. The summed E-state index contributed by atoms with van der Waals surface area (Å²) in [5.41, 5.74) is 0.521. The van der Waals surface area contributed by atoms with Crippen molar-refractivity contribution in [3.8, 4) is 0 Å². The molecule has 1 rings (SSSR count). The Labute approximate surface area is 87.7 Å². The van der Waals surface area contributed by atoms with Crippen LogP contribution in [0, 0.1) is 0 Å². The number of carboxylic acids is 1. The smallest absolute Gasteiger partial charge is 0.303 e. The van der Waals surface area contributed by atoms with Crippen LogP contribution in [0.25, 0.3) is 0 Å². The van der Waals surface area contributed by atoms with Gasteiger partial charge in [-0.25, -0.2) is 0 Å². The Morgan fingerprint density at radius 2 is 2.27 bits per heavy atom. The van der Waals surface area contributed by atoms with E-state index in [0.29, 0.717) is 18.7 Å². The topological polar surface area (TPSA) is 73.4 Å². The quantitative estimate of drug-likeness (QED) is 0.760. The molecule has 0 saturated carbocycles. The van der Waals surface area contributed by atoms with Crippen LogP contribution in [0.15, 0.2) is 18.3 Å². The number of rotatable bonds is 5. The number of hydrogen-bond donors (Lipinski definition) is 2. The van der Waals surface area contributed by atoms with Crippen molar-refractivity contribution in [2.75, 3.05) is 13.6 Å². The zero-order valence-electron chi connectivity index (χ0n) is 8.56. The lowest BCUT2D eigenvalue weighted by Gasteiger charge is -2.15. The lowest BCUT2D eigenvalue weighted by Crippen LogP contribution is -2.28. The summed E-state index contributed by atoms with van der Waals surface area (Å²) < 4.78 is 0. The van der Waals surface area contributed by atoms with Gasteiger partial charge in [-0.05, 0) is 18.6 Å². The summed E-state index contributed by atoms with van der Waals surface area (Å²) in [7, 11) is 1.66. The lowest BCUT2D eigenvalue weighted by atomic mass is 10.3.